The van der Waals surface area contributed by atoms with Gasteiger partial charge in [0.25, 0.3) is 5.56 Å². The van der Waals surface area contributed by atoms with Crippen molar-refractivity contribution < 1.29 is 0 Å². The third-order valence-corrected chi connectivity index (χ3v) is 3.70. The lowest BCUT2D eigenvalue weighted by Gasteiger charge is -2.24. The van der Waals surface area contributed by atoms with Crippen LogP contribution in [0, 0.1) is 6.92 Å². The van der Waals surface area contributed by atoms with E-state index in [0.717, 1.165) is 17.8 Å². The van der Waals surface area contributed by atoms with E-state index >= 15 is 0 Å². The van der Waals surface area contributed by atoms with Crippen LogP contribution in [0.3, 0.4) is 0 Å². The van der Waals surface area contributed by atoms with Crippen LogP contribution in [0.25, 0.3) is 0 Å². The van der Waals surface area contributed by atoms with E-state index in [0.29, 0.717) is 0 Å². The summed E-state index contributed by atoms with van der Waals surface area (Å²) in [5.41, 5.74) is 4.18. The third-order valence-electron chi connectivity index (χ3n) is 3.70. The van der Waals surface area contributed by atoms with Crippen molar-refractivity contribution in [1.82, 2.24) is 10.2 Å². The smallest absolute Gasteiger partial charge is 0.269 e. The van der Waals surface area contributed by atoms with Crippen LogP contribution in [0.4, 0.5) is 5.69 Å². The SMILES string of the molecule is Cc1c(N2Cc3ccccc3[C@H]2C)cn[nH]c1=O. The highest BCUT2D eigenvalue weighted by molar-refractivity contribution is 5.56. The Morgan fingerprint density at radius 3 is 2.94 bits per heavy atom. The fourth-order valence-electron chi connectivity index (χ4n) is 2.61. The Balaban J connectivity index is 2.07. The van der Waals surface area contributed by atoms with Gasteiger partial charge in [0.2, 0.25) is 0 Å². The van der Waals surface area contributed by atoms with Gasteiger partial charge in [-0.25, -0.2) is 5.10 Å². The van der Waals surface area contributed by atoms with Gasteiger partial charge in [-0.2, -0.15) is 5.10 Å². The standard InChI is InChI=1S/C14H15N3O/c1-9-13(7-15-16-14(9)18)17-8-11-5-3-4-6-12(11)10(17)2/h3-7,10H,8H2,1-2H3,(H,16,18)/t10-/m1/s1. The van der Waals surface area contributed by atoms with Crippen LogP contribution in [-0.2, 0) is 6.54 Å². The Hall–Kier alpha value is -2.10. The van der Waals surface area contributed by atoms with E-state index in [1.807, 2.05) is 6.92 Å². The van der Waals surface area contributed by atoms with Crippen molar-refractivity contribution in [2.24, 2.45) is 0 Å². The fourth-order valence-corrected chi connectivity index (χ4v) is 2.61. The number of fused-ring (bicyclic) bond motifs is 1. The van der Waals surface area contributed by atoms with Gasteiger partial charge in [0.05, 0.1) is 17.9 Å². The lowest BCUT2D eigenvalue weighted by molar-refractivity contribution is 0.723. The first kappa shape index (κ1) is 11.0. The molecule has 0 unspecified atom stereocenters. The number of aromatic amines is 1. The maximum Gasteiger partial charge on any atom is 0.269 e. The first-order chi connectivity index (χ1) is 8.68. The number of hydrogen-bond acceptors (Lipinski definition) is 3. The van der Waals surface area contributed by atoms with E-state index in [1.165, 1.54) is 11.1 Å². The van der Waals surface area contributed by atoms with E-state index in [-0.39, 0.29) is 11.6 Å². The minimum absolute atomic E-state index is 0.115. The summed E-state index contributed by atoms with van der Waals surface area (Å²) in [5, 5.41) is 6.37. The van der Waals surface area contributed by atoms with E-state index in [2.05, 4.69) is 46.3 Å². The minimum Gasteiger partial charge on any atom is -0.359 e. The first-order valence-corrected chi connectivity index (χ1v) is 6.07. The van der Waals surface area contributed by atoms with Crippen molar-refractivity contribution in [3.8, 4) is 0 Å². The van der Waals surface area contributed by atoms with E-state index < -0.39 is 0 Å². The summed E-state index contributed by atoms with van der Waals surface area (Å²) in [6.45, 7) is 4.83. The second-order valence-corrected chi connectivity index (χ2v) is 4.71. The molecule has 1 aromatic heterocycles. The topological polar surface area (TPSA) is 49.0 Å². The number of aromatic nitrogens is 2. The van der Waals surface area contributed by atoms with E-state index in [1.54, 1.807) is 6.20 Å². The molecule has 2 heterocycles. The molecule has 0 saturated carbocycles. The minimum atomic E-state index is -0.115. The zero-order valence-electron chi connectivity index (χ0n) is 10.5. The average molecular weight is 241 g/mol. The molecule has 1 N–H and O–H groups in total. The van der Waals surface area contributed by atoms with Crippen molar-refractivity contribution in [3.63, 3.8) is 0 Å². The monoisotopic (exact) mass is 241 g/mol. The number of H-pyrrole nitrogens is 1. The molecular weight excluding hydrogens is 226 g/mol. The fraction of sp³-hybridized carbons (Fsp3) is 0.286. The zero-order chi connectivity index (χ0) is 12.7. The molecule has 0 bridgehead atoms. The van der Waals surface area contributed by atoms with Gasteiger partial charge in [0.15, 0.2) is 0 Å². The number of benzene rings is 1. The van der Waals surface area contributed by atoms with Crippen molar-refractivity contribution in [2.75, 3.05) is 4.90 Å². The molecule has 4 heteroatoms. The molecule has 0 spiro atoms. The Labute approximate surface area is 105 Å². The van der Waals surface area contributed by atoms with Crippen molar-refractivity contribution in [2.45, 2.75) is 26.4 Å². The Morgan fingerprint density at radius 2 is 2.17 bits per heavy atom. The Kier molecular flexibility index (Phi) is 2.44. The quantitative estimate of drug-likeness (QED) is 0.832. The van der Waals surface area contributed by atoms with E-state index in [4.69, 9.17) is 0 Å². The largest absolute Gasteiger partial charge is 0.359 e. The number of rotatable bonds is 1. The molecule has 92 valence electrons. The van der Waals surface area contributed by atoms with Crippen LogP contribution < -0.4 is 10.5 Å². The van der Waals surface area contributed by atoms with Crippen LogP contribution in [0.5, 0.6) is 0 Å². The molecule has 18 heavy (non-hydrogen) atoms. The highest BCUT2D eigenvalue weighted by atomic mass is 16.1. The highest BCUT2D eigenvalue weighted by Gasteiger charge is 2.27. The first-order valence-electron chi connectivity index (χ1n) is 6.07. The molecule has 4 nitrogen and oxygen atoms in total. The molecule has 0 saturated heterocycles. The molecule has 0 radical (unpaired) electrons. The summed E-state index contributed by atoms with van der Waals surface area (Å²) in [7, 11) is 0. The molecule has 0 fully saturated rings. The number of nitrogens with zero attached hydrogens (tertiary/aromatic N) is 2. The van der Waals surface area contributed by atoms with Gasteiger partial charge in [-0.1, -0.05) is 24.3 Å². The van der Waals surface area contributed by atoms with Crippen LogP contribution in [0.2, 0.25) is 0 Å². The van der Waals surface area contributed by atoms with Crippen LogP contribution in [-0.4, -0.2) is 10.2 Å². The molecule has 0 aliphatic carbocycles. The second kappa shape index (κ2) is 3.98. The molecule has 1 aliphatic rings. The maximum atomic E-state index is 11.6. The molecule has 1 aromatic carbocycles. The molecule has 0 amide bonds. The lowest BCUT2D eigenvalue weighted by atomic mass is 10.1. The van der Waals surface area contributed by atoms with Gasteiger partial charge in [-0.15, -0.1) is 0 Å². The average Bonchev–Trinajstić information content (AvgIpc) is 2.71. The number of nitrogens with one attached hydrogen (secondary N) is 1. The van der Waals surface area contributed by atoms with Crippen molar-refractivity contribution >= 4 is 5.69 Å². The zero-order valence-corrected chi connectivity index (χ0v) is 10.5. The molecule has 1 aliphatic heterocycles. The van der Waals surface area contributed by atoms with E-state index in [9.17, 15) is 4.79 Å². The summed E-state index contributed by atoms with van der Waals surface area (Å²) in [4.78, 5) is 13.9. The van der Waals surface area contributed by atoms with Crippen LogP contribution >= 0.6 is 0 Å². The van der Waals surface area contributed by atoms with Crippen molar-refractivity contribution in [3.05, 3.63) is 57.5 Å². The normalized spacial score (nSPS) is 17.9. The summed E-state index contributed by atoms with van der Waals surface area (Å²) in [5.74, 6) is 0. The summed E-state index contributed by atoms with van der Waals surface area (Å²) < 4.78 is 0. The summed E-state index contributed by atoms with van der Waals surface area (Å²) in [6.07, 6.45) is 1.74. The Morgan fingerprint density at radius 1 is 1.39 bits per heavy atom. The highest BCUT2D eigenvalue weighted by Crippen LogP contribution is 2.37. The Bertz CT molecular complexity index is 647. The maximum absolute atomic E-state index is 11.6. The van der Waals surface area contributed by atoms with Crippen LogP contribution in [0.15, 0.2) is 35.3 Å². The molecule has 2 aromatic rings. The predicted molar refractivity (Wildman–Crippen MR) is 70.6 cm³/mol. The van der Waals surface area contributed by atoms with Gasteiger partial charge in [0.1, 0.15) is 0 Å². The summed E-state index contributed by atoms with van der Waals surface area (Å²) >= 11 is 0. The van der Waals surface area contributed by atoms with Crippen LogP contribution in [0.1, 0.15) is 29.7 Å². The number of anilines is 1. The van der Waals surface area contributed by atoms with Gasteiger partial charge in [-0.05, 0) is 25.0 Å². The lowest BCUT2D eigenvalue weighted by Crippen LogP contribution is -2.24. The molecule has 1 atom stereocenters. The molecular formula is C14H15N3O. The predicted octanol–water partition coefficient (Wildman–Crippen LogP) is 2.16. The number of hydrogen-bond donors (Lipinski definition) is 1. The molecule has 3 rings (SSSR count). The van der Waals surface area contributed by atoms with Gasteiger partial charge in [-0.3, -0.25) is 4.79 Å². The summed E-state index contributed by atoms with van der Waals surface area (Å²) in [6, 6.07) is 8.68. The second-order valence-electron chi connectivity index (χ2n) is 4.71. The van der Waals surface area contributed by atoms with Gasteiger partial charge < -0.3 is 4.90 Å². The van der Waals surface area contributed by atoms with Crippen molar-refractivity contribution in [1.29, 1.82) is 0 Å². The van der Waals surface area contributed by atoms with Gasteiger partial charge >= 0.3 is 0 Å². The van der Waals surface area contributed by atoms with Gasteiger partial charge in [0, 0.05) is 12.1 Å². The third kappa shape index (κ3) is 1.53.